The number of nitrogens with two attached hydrogens (primary N) is 1. The molecular weight excluding hydrogens is 352 g/mol. The molecule has 0 saturated heterocycles. The van der Waals surface area contributed by atoms with E-state index in [4.69, 9.17) is 5.73 Å². The van der Waals surface area contributed by atoms with Crippen LogP contribution in [0.25, 0.3) is 5.65 Å². The molecule has 8 nitrogen and oxygen atoms in total. The number of primary amides is 1. The minimum atomic E-state index is -0.360. The molecule has 0 aliphatic heterocycles. The van der Waals surface area contributed by atoms with Crippen molar-refractivity contribution >= 4 is 23.3 Å². The summed E-state index contributed by atoms with van der Waals surface area (Å²) < 4.78 is 3.49. The Labute approximate surface area is 154 Å². The molecule has 3 aromatic rings. The van der Waals surface area contributed by atoms with Gasteiger partial charge in [0.05, 0.1) is 5.69 Å². The third-order valence-corrected chi connectivity index (χ3v) is 4.99. The van der Waals surface area contributed by atoms with Crippen LogP contribution >= 0.6 is 11.8 Å². The van der Waals surface area contributed by atoms with Gasteiger partial charge >= 0.3 is 0 Å². The van der Waals surface area contributed by atoms with Crippen molar-refractivity contribution < 1.29 is 4.79 Å². The molecule has 3 aromatic heterocycles. The molecule has 136 valence electrons. The highest BCUT2D eigenvalue weighted by atomic mass is 32.2. The molecule has 0 bridgehead atoms. The Kier molecular flexibility index (Phi) is 5.36. The highest BCUT2D eigenvalue weighted by molar-refractivity contribution is 7.98. The van der Waals surface area contributed by atoms with E-state index in [1.807, 2.05) is 30.5 Å². The molecule has 3 heterocycles. The van der Waals surface area contributed by atoms with Gasteiger partial charge in [-0.05, 0) is 25.5 Å². The molecule has 3 rings (SSSR count). The number of carbonyl (C=O) groups is 1. The summed E-state index contributed by atoms with van der Waals surface area (Å²) >= 11 is 1.47. The van der Waals surface area contributed by atoms with Crippen LogP contribution in [0, 0.1) is 6.92 Å². The summed E-state index contributed by atoms with van der Waals surface area (Å²) in [7, 11) is 0. The molecule has 26 heavy (non-hydrogen) atoms. The lowest BCUT2D eigenvalue weighted by Gasteiger charge is -2.08. The molecule has 0 aliphatic carbocycles. The summed E-state index contributed by atoms with van der Waals surface area (Å²) in [5, 5.41) is 9.08. The summed E-state index contributed by atoms with van der Waals surface area (Å²) in [6.07, 6.45) is 2.42. The number of pyridine rings is 1. The molecule has 0 radical (unpaired) electrons. The monoisotopic (exact) mass is 372 g/mol. The lowest BCUT2D eigenvalue weighted by Crippen LogP contribution is -2.16. The third-order valence-electron chi connectivity index (χ3n) is 3.99. The Morgan fingerprint density at radius 3 is 2.88 bits per heavy atom. The van der Waals surface area contributed by atoms with Gasteiger partial charge in [-0.2, -0.15) is 0 Å². The van der Waals surface area contributed by atoms with Crippen LogP contribution < -0.4 is 11.3 Å². The van der Waals surface area contributed by atoms with Crippen molar-refractivity contribution in [2.45, 2.75) is 44.1 Å². The minimum Gasteiger partial charge on any atom is -0.370 e. The van der Waals surface area contributed by atoms with E-state index in [0.29, 0.717) is 30.1 Å². The summed E-state index contributed by atoms with van der Waals surface area (Å²) in [6, 6.07) is 5.30. The Hall–Kier alpha value is -2.68. The Morgan fingerprint density at radius 2 is 2.15 bits per heavy atom. The first-order valence-corrected chi connectivity index (χ1v) is 9.29. The lowest BCUT2D eigenvalue weighted by atomic mass is 10.3. The number of aryl methyl sites for hydroxylation is 2. The van der Waals surface area contributed by atoms with E-state index in [0.717, 1.165) is 16.5 Å². The van der Waals surface area contributed by atoms with Crippen molar-refractivity contribution in [3.05, 3.63) is 51.8 Å². The third kappa shape index (κ3) is 3.77. The number of hydrogen-bond acceptors (Lipinski definition) is 6. The summed E-state index contributed by atoms with van der Waals surface area (Å²) in [6.45, 7) is 4.61. The molecule has 0 unspecified atom stereocenters. The molecule has 1 amide bonds. The van der Waals surface area contributed by atoms with Gasteiger partial charge in [-0.25, -0.2) is 4.98 Å². The second-order valence-corrected chi connectivity index (χ2v) is 6.81. The predicted molar refractivity (Wildman–Crippen MR) is 99.0 cm³/mol. The molecule has 2 N–H and O–H groups in total. The molecule has 0 saturated carbocycles. The first kappa shape index (κ1) is 18.1. The zero-order valence-electron chi connectivity index (χ0n) is 14.7. The summed E-state index contributed by atoms with van der Waals surface area (Å²) in [4.78, 5) is 27.8. The van der Waals surface area contributed by atoms with Crippen LogP contribution in [-0.4, -0.2) is 30.1 Å². The fourth-order valence-corrected chi connectivity index (χ4v) is 3.60. The largest absolute Gasteiger partial charge is 0.370 e. The molecule has 0 spiro atoms. The quantitative estimate of drug-likeness (QED) is 0.627. The molecule has 0 aromatic carbocycles. The number of amides is 1. The van der Waals surface area contributed by atoms with Gasteiger partial charge in [-0.3, -0.25) is 14.0 Å². The van der Waals surface area contributed by atoms with Crippen LogP contribution in [-0.2, 0) is 23.5 Å². The number of nitrogens with zero attached hydrogens (tertiary/aromatic N) is 5. The Bertz CT molecular complexity index is 1010. The van der Waals surface area contributed by atoms with Crippen LogP contribution in [0.1, 0.15) is 30.4 Å². The molecule has 0 atom stereocenters. The SMILES string of the molecule is CCn1c(CCC(N)=O)nnc1SCc1cc(=O)n2cccc(C)c2n1. The fraction of sp³-hybridized carbons (Fsp3) is 0.353. The van der Waals surface area contributed by atoms with Crippen LogP contribution in [0.15, 0.2) is 34.3 Å². The van der Waals surface area contributed by atoms with Gasteiger partial charge in [0.25, 0.3) is 5.56 Å². The van der Waals surface area contributed by atoms with Crippen LogP contribution in [0.4, 0.5) is 0 Å². The number of fused-ring (bicyclic) bond motifs is 1. The molecule has 0 aliphatic rings. The van der Waals surface area contributed by atoms with Gasteiger partial charge in [-0.15, -0.1) is 10.2 Å². The lowest BCUT2D eigenvalue weighted by molar-refractivity contribution is -0.118. The normalized spacial score (nSPS) is 11.2. The predicted octanol–water partition coefficient (Wildman–Crippen LogP) is 1.32. The maximum atomic E-state index is 12.3. The van der Waals surface area contributed by atoms with E-state index >= 15 is 0 Å². The smallest absolute Gasteiger partial charge is 0.258 e. The average molecular weight is 372 g/mol. The van der Waals surface area contributed by atoms with E-state index in [1.54, 1.807) is 16.7 Å². The van der Waals surface area contributed by atoms with Gasteiger partial charge in [0.2, 0.25) is 5.91 Å². The minimum absolute atomic E-state index is 0.103. The Morgan fingerprint density at radius 1 is 1.35 bits per heavy atom. The van der Waals surface area contributed by atoms with Crippen molar-refractivity contribution in [1.29, 1.82) is 0 Å². The first-order valence-electron chi connectivity index (χ1n) is 8.30. The number of aromatic nitrogens is 5. The standard InChI is InChI=1S/C17H20N6O2S/c1-3-22-14(7-6-13(18)24)20-21-17(22)26-10-12-9-15(25)23-8-4-5-11(2)16(23)19-12/h4-5,8-9H,3,6-7,10H2,1-2H3,(H2,18,24). The fourth-order valence-electron chi connectivity index (χ4n) is 2.68. The second kappa shape index (κ2) is 7.69. The maximum Gasteiger partial charge on any atom is 0.258 e. The number of thioether (sulfide) groups is 1. The van der Waals surface area contributed by atoms with Crippen molar-refractivity contribution in [2.75, 3.05) is 0 Å². The number of carbonyl (C=O) groups excluding carboxylic acids is 1. The highest BCUT2D eigenvalue weighted by Gasteiger charge is 2.13. The van der Waals surface area contributed by atoms with Crippen molar-refractivity contribution in [3.8, 4) is 0 Å². The topological polar surface area (TPSA) is 108 Å². The van der Waals surface area contributed by atoms with Gasteiger partial charge in [0.15, 0.2) is 5.16 Å². The molecule has 0 fully saturated rings. The van der Waals surface area contributed by atoms with Gasteiger partial charge in [0.1, 0.15) is 11.5 Å². The van der Waals surface area contributed by atoms with Crippen molar-refractivity contribution in [3.63, 3.8) is 0 Å². The van der Waals surface area contributed by atoms with Gasteiger partial charge in [-0.1, -0.05) is 17.8 Å². The highest BCUT2D eigenvalue weighted by Crippen LogP contribution is 2.21. The van der Waals surface area contributed by atoms with Crippen LogP contribution in [0.2, 0.25) is 0 Å². The maximum absolute atomic E-state index is 12.3. The van der Waals surface area contributed by atoms with Crippen molar-refractivity contribution in [1.82, 2.24) is 24.1 Å². The van der Waals surface area contributed by atoms with E-state index in [9.17, 15) is 9.59 Å². The first-order chi connectivity index (χ1) is 12.5. The van der Waals surface area contributed by atoms with Gasteiger partial charge < -0.3 is 10.3 Å². The summed E-state index contributed by atoms with van der Waals surface area (Å²) in [5.41, 5.74) is 7.40. The second-order valence-electron chi connectivity index (χ2n) is 5.87. The molecule has 9 heteroatoms. The van der Waals surface area contributed by atoms with E-state index in [-0.39, 0.29) is 17.9 Å². The van der Waals surface area contributed by atoms with E-state index in [2.05, 4.69) is 15.2 Å². The van der Waals surface area contributed by atoms with Crippen LogP contribution in [0.3, 0.4) is 0 Å². The van der Waals surface area contributed by atoms with Crippen molar-refractivity contribution in [2.24, 2.45) is 5.73 Å². The summed E-state index contributed by atoms with van der Waals surface area (Å²) in [5.74, 6) is 0.880. The molecular formula is C17H20N6O2S. The number of hydrogen-bond donors (Lipinski definition) is 1. The van der Waals surface area contributed by atoms with E-state index in [1.165, 1.54) is 11.8 Å². The van der Waals surface area contributed by atoms with E-state index < -0.39 is 0 Å². The Balaban J connectivity index is 1.81. The van der Waals surface area contributed by atoms with Gasteiger partial charge in [0, 0.05) is 37.4 Å². The number of rotatable bonds is 7. The van der Waals surface area contributed by atoms with Crippen LogP contribution in [0.5, 0.6) is 0 Å². The zero-order valence-corrected chi connectivity index (χ0v) is 15.5. The average Bonchev–Trinajstić information content (AvgIpc) is 3.01. The zero-order chi connectivity index (χ0) is 18.7.